The van der Waals surface area contributed by atoms with Gasteiger partial charge in [-0.1, -0.05) is 0 Å². The Morgan fingerprint density at radius 2 is 1.96 bits per heavy atom. The van der Waals surface area contributed by atoms with Crippen molar-refractivity contribution in [2.24, 2.45) is 0 Å². The molecule has 1 aromatic heterocycles. The van der Waals surface area contributed by atoms with E-state index in [0.29, 0.717) is 0 Å². The predicted octanol–water partition coefficient (Wildman–Crippen LogP) is 1.84. The summed E-state index contributed by atoms with van der Waals surface area (Å²) in [6, 6.07) is 3.50. The normalized spacial score (nSPS) is 13.7. The second-order valence-electron chi connectivity index (χ2n) is 4.76. The number of amides is 1. The molecule has 1 aliphatic heterocycles. The van der Waals surface area contributed by atoms with Gasteiger partial charge < -0.3 is 0 Å². The van der Waals surface area contributed by atoms with E-state index in [1.165, 1.54) is 33.8 Å². The molecule has 0 fully saturated rings. The molecule has 0 N–H and O–H groups in total. The molecule has 0 bridgehead atoms. The number of hydrogen-bond donors (Lipinski definition) is 0. The molecular weight excluding hydrogens is 309 g/mol. The first kappa shape index (κ1) is 14.7. The fraction of sp³-hybridized carbons (Fsp3) is 0.0667. The molecule has 2 aromatic rings. The second-order valence-corrected chi connectivity index (χ2v) is 4.76. The van der Waals surface area contributed by atoms with Gasteiger partial charge in [-0.25, -0.2) is 22.9 Å². The van der Waals surface area contributed by atoms with Crippen molar-refractivity contribution in [2.45, 2.75) is 6.67 Å². The number of imidazole rings is 1. The Kier molecular flexibility index (Phi) is 3.54. The molecule has 5 nitrogen and oxygen atoms in total. The second kappa shape index (κ2) is 5.53. The van der Waals surface area contributed by atoms with Crippen LogP contribution in [0.25, 0.3) is 5.57 Å². The van der Waals surface area contributed by atoms with Gasteiger partial charge in [0.1, 0.15) is 6.07 Å². The average molecular weight is 317 g/mol. The molecule has 1 amide bonds. The number of carbonyl (C=O) groups is 1. The van der Waals surface area contributed by atoms with Crippen molar-refractivity contribution in [3.8, 4) is 6.07 Å². The molecule has 1 aliphatic rings. The zero-order chi connectivity index (χ0) is 16.6. The number of halogens is 3. The molecule has 0 radical (unpaired) electrons. The van der Waals surface area contributed by atoms with E-state index in [1.54, 1.807) is 0 Å². The van der Waals surface area contributed by atoms with Crippen molar-refractivity contribution >= 4 is 17.7 Å². The van der Waals surface area contributed by atoms with E-state index < -0.39 is 23.4 Å². The van der Waals surface area contributed by atoms with Gasteiger partial charge in [0.15, 0.2) is 23.7 Å². The van der Waals surface area contributed by atoms with Crippen LogP contribution in [0.3, 0.4) is 0 Å². The number of benzene rings is 1. The van der Waals surface area contributed by atoms with E-state index in [1.807, 2.05) is 6.07 Å². The maximum absolute atomic E-state index is 13.3. The van der Waals surface area contributed by atoms with E-state index in [2.05, 4.69) is 4.98 Å². The van der Waals surface area contributed by atoms with Crippen molar-refractivity contribution in [2.75, 3.05) is 0 Å². The minimum Gasteiger partial charge on any atom is -0.266 e. The Balaban J connectivity index is 1.92. The highest BCUT2D eigenvalue weighted by Gasteiger charge is 2.26. The van der Waals surface area contributed by atoms with Gasteiger partial charge >= 0.3 is 5.91 Å². The van der Waals surface area contributed by atoms with Crippen molar-refractivity contribution in [3.63, 3.8) is 0 Å². The fourth-order valence-electron chi connectivity index (χ4n) is 2.18. The smallest absolute Gasteiger partial charge is 0.266 e. The predicted molar refractivity (Wildman–Crippen MR) is 72.6 cm³/mol. The quantitative estimate of drug-likeness (QED) is 0.641. The molecule has 23 heavy (non-hydrogen) atoms. The van der Waals surface area contributed by atoms with Crippen LogP contribution >= 0.6 is 0 Å². The minimum atomic E-state index is -1.56. The SMILES string of the molecule is N#Cc1nccn1C[N+]1=CC(c2cc(F)c(F)c(F)c2)=CC1=O. The number of aromatic nitrogens is 2. The van der Waals surface area contributed by atoms with E-state index >= 15 is 0 Å². The first-order chi connectivity index (χ1) is 11.0. The summed E-state index contributed by atoms with van der Waals surface area (Å²) >= 11 is 0. The zero-order valence-electron chi connectivity index (χ0n) is 11.5. The van der Waals surface area contributed by atoms with Gasteiger partial charge in [0.25, 0.3) is 0 Å². The van der Waals surface area contributed by atoms with Crippen LogP contribution in [-0.2, 0) is 11.5 Å². The van der Waals surface area contributed by atoms with Crippen LogP contribution in [0.2, 0.25) is 0 Å². The van der Waals surface area contributed by atoms with E-state index in [9.17, 15) is 18.0 Å². The van der Waals surface area contributed by atoms with Crippen LogP contribution in [0.5, 0.6) is 0 Å². The zero-order valence-corrected chi connectivity index (χ0v) is 11.5. The molecule has 114 valence electrons. The standard InChI is InChI=1S/C15H8F3N4O/c16-11-3-9(4-12(17)15(11)18)10-5-14(23)22(7-10)8-21-2-1-20-13(21)6-19/h1-5,7H,8H2/q+1. The van der Waals surface area contributed by atoms with Crippen molar-refractivity contribution in [3.05, 3.63) is 59.4 Å². The molecule has 2 heterocycles. The molecule has 0 saturated heterocycles. The largest absolute Gasteiger partial charge is 0.414 e. The summed E-state index contributed by atoms with van der Waals surface area (Å²) in [5, 5.41) is 8.89. The highest BCUT2D eigenvalue weighted by molar-refractivity contribution is 6.18. The molecule has 0 saturated carbocycles. The summed E-state index contributed by atoms with van der Waals surface area (Å²) in [5.74, 6) is -4.53. The van der Waals surface area contributed by atoms with Crippen LogP contribution in [0.15, 0.2) is 30.6 Å². The highest BCUT2D eigenvalue weighted by atomic mass is 19.2. The molecule has 3 rings (SSSR count). The molecular formula is C15H8F3N4O+. The van der Waals surface area contributed by atoms with E-state index in [-0.39, 0.29) is 23.6 Å². The van der Waals surface area contributed by atoms with Gasteiger partial charge in [0.05, 0.1) is 11.6 Å². The summed E-state index contributed by atoms with van der Waals surface area (Å²) in [7, 11) is 0. The Bertz CT molecular complexity index is 898. The third-order valence-electron chi connectivity index (χ3n) is 3.29. The lowest BCUT2D eigenvalue weighted by atomic mass is 10.1. The summed E-state index contributed by atoms with van der Waals surface area (Å²) in [6.07, 6.45) is 5.48. The van der Waals surface area contributed by atoms with Gasteiger partial charge in [-0.3, -0.25) is 4.57 Å². The highest BCUT2D eigenvalue weighted by Crippen LogP contribution is 2.21. The minimum absolute atomic E-state index is 0.0217. The summed E-state index contributed by atoms with van der Waals surface area (Å²) in [5.41, 5.74) is 0.287. The number of allylic oxidation sites excluding steroid dienone is 1. The molecule has 0 atom stereocenters. The maximum atomic E-state index is 13.3. The Labute approximate surface area is 128 Å². The molecule has 0 aliphatic carbocycles. The molecule has 0 unspecified atom stereocenters. The lowest BCUT2D eigenvalue weighted by Crippen LogP contribution is -2.20. The maximum Gasteiger partial charge on any atom is 0.414 e. The van der Waals surface area contributed by atoms with Crippen molar-refractivity contribution in [1.82, 2.24) is 9.55 Å². The van der Waals surface area contributed by atoms with Crippen LogP contribution < -0.4 is 0 Å². The van der Waals surface area contributed by atoms with Crippen molar-refractivity contribution < 1.29 is 22.5 Å². The first-order valence-corrected chi connectivity index (χ1v) is 6.43. The Morgan fingerprint density at radius 1 is 1.26 bits per heavy atom. The van der Waals surface area contributed by atoms with Crippen LogP contribution in [-0.4, -0.2) is 26.2 Å². The lowest BCUT2D eigenvalue weighted by molar-refractivity contribution is -0.469. The van der Waals surface area contributed by atoms with Gasteiger partial charge in [0, 0.05) is 12.4 Å². The van der Waals surface area contributed by atoms with Crippen LogP contribution in [0, 0.1) is 28.8 Å². The Morgan fingerprint density at radius 3 is 2.61 bits per heavy atom. The summed E-state index contributed by atoms with van der Waals surface area (Å²) < 4.78 is 42.3. The van der Waals surface area contributed by atoms with Crippen LogP contribution in [0.1, 0.15) is 11.4 Å². The molecule has 0 spiro atoms. The van der Waals surface area contributed by atoms with Crippen molar-refractivity contribution in [1.29, 1.82) is 5.26 Å². The van der Waals surface area contributed by atoms with Gasteiger partial charge in [0.2, 0.25) is 12.5 Å². The van der Waals surface area contributed by atoms with Gasteiger partial charge in [-0.05, 0) is 17.7 Å². The fourth-order valence-corrected chi connectivity index (χ4v) is 2.18. The third-order valence-corrected chi connectivity index (χ3v) is 3.29. The molecule has 1 aromatic carbocycles. The number of rotatable bonds is 3. The summed E-state index contributed by atoms with van der Waals surface area (Å²) in [6.45, 7) is 0.0217. The van der Waals surface area contributed by atoms with Gasteiger partial charge in [-0.15, -0.1) is 4.58 Å². The monoisotopic (exact) mass is 317 g/mol. The average Bonchev–Trinajstić information content (AvgIpc) is 3.11. The van der Waals surface area contributed by atoms with Gasteiger partial charge in [-0.2, -0.15) is 5.26 Å². The lowest BCUT2D eigenvalue weighted by Gasteiger charge is -2.00. The summed E-state index contributed by atoms with van der Waals surface area (Å²) in [4.78, 5) is 15.8. The van der Waals surface area contributed by atoms with Crippen LogP contribution in [0.4, 0.5) is 13.2 Å². The third kappa shape index (κ3) is 2.64. The number of carbonyl (C=O) groups excluding carboxylic acids is 1. The first-order valence-electron chi connectivity index (χ1n) is 6.43. The van der Waals surface area contributed by atoms with E-state index in [0.717, 1.165) is 12.1 Å². The number of nitriles is 1. The Hall–Kier alpha value is -3.21. The van der Waals surface area contributed by atoms with E-state index in [4.69, 9.17) is 5.26 Å². The topological polar surface area (TPSA) is 61.7 Å². The number of nitrogens with zero attached hydrogens (tertiary/aromatic N) is 4. The number of hydrogen-bond acceptors (Lipinski definition) is 3. The molecule has 8 heteroatoms.